The number of aromatic nitrogens is 2. The summed E-state index contributed by atoms with van der Waals surface area (Å²) in [6.07, 6.45) is 2.83. The summed E-state index contributed by atoms with van der Waals surface area (Å²) < 4.78 is 6.53. The highest BCUT2D eigenvalue weighted by atomic mass is 79.9. The third-order valence-electron chi connectivity index (χ3n) is 2.66. The maximum absolute atomic E-state index is 5.51. The Hall–Kier alpha value is -0.910. The Kier molecular flexibility index (Phi) is 7.19. The van der Waals surface area contributed by atoms with E-state index in [4.69, 9.17) is 4.74 Å². The van der Waals surface area contributed by atoms with Gasteiger partial charge in [0.25, 0.3) is 0 Å². The highest BCUT2D eigenvalue weighted by Crippen LogP contribution is 2.23. The Labute approximate surface area is 133 Å². The molecule has 110 valence electrons. The fraction of sp³-hybridized carbons (Fsp3) is 0.429. The fourth-order valence-electron chi connectivity index (χ4n) is 1.77. The predicted molar refractivity (Wildman–Crippen MR) is 88.7 cm³/mol. The molecule has 0 amide bonds. The lowest BCUT2D eigenvalue weighted by Crippen LogP contribution is -2.10. The maximum atomic E-state index is 5.51. The number of rotatable bonds is 6. The second-order valence-electron chi connectivity index (χ2n) is 4.58. The first-order chi connectivity index (χ1) is 9.16. The molecule has 1 aromatic carbocycles. The molecule has 1 aromatic heterocycles. The molecule has 0 fully saturated rings. The molecule has 0 aliphatic carbocycles. The van der Waals surface area contributed by atoms with Gasteiger partial charge in [0.2, 0.25) is 0 Å². The second-order valence-corrected chi connectivity index (χ2v) is 5.50. The smallest absolute Gasteiger partial charge is 0.137 e. The zero-order valence-electron chi connectivity index (χ0n) is 11.6. The van der Waals surface area contributed by atoms with Crippen LogP contribution in [-0.2, 0) is 4.74 Å². The minimum Gasteiger partial charge on any atom is -0.379 e. The molecule has 0 aliphatic heterocycles. The average Bonchev–Trinajstić information content (AvgIpc) is 2.38. The van der Waals surface area contributed by atoms with Crippen molar-refractivity contribution in [3.8, 4) is 0 Å². The third kappa shape index (κ3) is 4.89. The van der Waals surface area contributed by atoms with Gasteiger partial charge in [-0.1, -0.05) is 15.9 Å². The number of fused-ring (bicyclic) bond motifs is 1. The number of ether oxygens (including phenoxy) is 1. The topological polar surface area (TPSA) is 47.0 Å². The largest absolute Gasteiger partial charge is 0.379 e. The van der Waals surface area contributed by atoms with Crippen LogP contribution in [0.15, 0.2) is 29.0 Å². The van der Waals surface area contributed by atoms with Crippen molar-refractivity contribution in [3.63, 3.8) is 0 Å². The summed E-state index contributed by atoms with van der Waals surface area (Å²) in [5.41, 5.74) is 0.944. The van der Waals surface area contributed by atoms with E-state index in [-0.39, 0.29) is 18.5 Å². The van der Waals surface area contributed by atoms with Crippen molar-refractivity contribution in [2.75, 3.05) is 18.5 Å². The monoisotopic (exact) mass is 359 g/mol. The van der Waals surface area contributed by atoms with Gasteiger partial charge in [-0.3, -0.25) is 0 Å². The number of anilines is 1. The van der Waals surface area contributed by atoms with Crippen LogP contribution in [0.5, 0.6) is 0 Å². The molecule has 0 radical (unpaired) electrons. The van der Waals surface area contributed by atoms with Gasteiger partial charge in [0.15, 0.2) is 0 Å². The molecule has 20 heavy (non-hydrogen) atoms. The van der Waals surface area contributed by atoms with E-state index in [2.05, 4.69) is 31.2 Å². The van der Waals surface area contributed by atoms with Gasteiger partial charge < -0.3 is 10.1 Å². The van der Waals surface area contributed by atoms with Crippen molar-refractivity contribution in [1.29, 1.82) is 0 Å². The van der Waals surface area contributed by atoms with Crippen LogP contribution in [0.1, 0.15) is 20.3 Å². The molecule has 2 aromatic rings. The Bertz CT molecular complexity index is 551. The first-order valence-electron chi connectivity index (χ1n) is 6.42. The summed E-state index contributed by atoms with van der Waals surface area (Å²) >= 11 is 3.47. The van der Waals surface area contributed by atoms with Crippen LogP contribution in [0.3, 0.4) is 0 Å². The molecule has 1 N–H and O–H groups in total. The van der Waals surface area contributed by atoms with Gasteiger partial charge in [0.1, 0.15) is 12.1 Å². The summed E-state index contributed by atoms with van der Waals surface area (Å²) in [4.78, 5) is 8.55. The summed E-state index contributed by atoms with van der Waals surface area (Å²) in [6, 6.07) is 5.99. The van der Waals surface area contributed by atoms with E-state index in [0.29, 0.717) is 0 Å². The highest BCUT2D eigenvalue weighted by Gasteiger charge is 2.03. The molecule has 0 atom stereocenters. The van der Waals surface area contributed by atoms with Crippen LogP contribution in [0, 0.1) is 0 Å². The molecular weight excluding hydrogens is 342 g/mol. The molecule has 0 spiro atoms. The molecule has 0 unspecified atom stereocenters. The summed E-state index contributed by atoms with van der Waals surface area (Å²) in [6.45, 7) is 5.69. The maximum Gasteiger partial charge on any atom is 0.137 e. The van der Waals surface area contributed by atoms with Crippen molar-refractivity contribution in [1.82, 2.24) is 9.97 Å². The predicted octanol–water partition coefficient (Wildman–Crippen LogP) is 4.04. The van der Waals surface area contributed by atoms with E-state index in [1.165, 1.54) is 0 Å². The summed E-state index contributed by atoms with van der Waals surface area (Å²) in [7, 11) is 0. The minimum atomic E-state index is 0. The summed E-state index contributed by atoms with van der Waals surface area (Å²) in [5, 5.41) is 4.37. The normalized spacial score (nSPS) is 10.6. The zero-order chi connectivity index (χ0) is 13.7. The van der Waals surface area contributed by atoms with Gasteiger partial charge in [0, 0.05) is 23.0 Å². The van der Waals surface area contributed by atoms with E-state index < -0.39 is 0 Å². The van der Waals surface area contributed by atoms with Crippen molar-refractivity contribution in [2.45, 2.75) is 26.4 Å². The van der Waals surface area contributed by atoms with Crippen LogP contribution < -0.4 is 5.32 Å². The van der Waals surface area contributed by atoms with Gasteiger partial charge in [-0.05, 0) is 38.5 Å². The highest BCUT2D eigenvalue weighted by molar-refractivity contribution is 9.10. The van der Waals surface area contributed by atoms with Gasteiger partial charge in [-0.15, -0.1) is 12.4 Å². The van der Waals surface area contributed by atoms with Gasteiger partial charge >= 0.3 is 0 Å². The quantitative estimate of drug-likeness (QED) is 0.790. The first kappa shape index (κ1) is 17.1. The van der Waals surface area contributed by atoms with E-state index in [1.807, 2.05) is 32.0 Å². The van der Waals surface area contributed by atoms with Crippen molar-refractivity contribution < 1.29 is 4.74 Å². The molecule has 4 nitrogen and oxygen atoms in total. The van der Waals surface area contributed by atoms with Gasteiger partial charge in [-0.2, -0.15) is 0 Å². The van der Waals surface area contributed by atoms with Gasteiger partial charge in [0.05, 0.1) is 11.6 Å². The Morgan fingerprint density at radius 2 is 2.10 bits per heavy atom. The molecule has 2 rings (SSSR count). The number of nitrogens with zero attached hydrogens (tertiary/aromatic N) is 2. The van der Waals surface area contributed by atoms with Crippen LogP contribution in [0.2, 0.25) is 0 Å². The molecule has 6 heteroatoms. The Morgan fingerprint density at radius 1 is 1.30 bits per heavy atom. The average molecular weight is 361 g/mol. The van der Waals surface area contributed by atoms with E-state index in [0.717, 1.165) is 40.8 Å². The van der Waals surface area contributed by atoms with E-state index in [1.54, 1.807) is 6.33 Å². The lowest BCUT2D eigenvalue weighted by Gasteiger charge is -2.10. The standard InChI is InChI=1S/C14H18BrN3O.ClH/c1-10(2)19-7-3-6-16-14-12-8-11(15)4-5-13(12)17-9-18-14;/h4-5,8-10H,3,6-7H2,1-2H3,(H,16,17,18);1H. The number of hydrogen-bond donors (Lipinski definition) is 1. The summed E-state index contributed by atoms with van der Waals surface area (Å²) in [5.74, 6) is 0.871. The SMILES string of the molecule is CC(C)OCCCNc1ncnc2ccc(Br)cc12.Cl. The Morgan fingerprint density at radius 3 is 2.85 bits per heavy atom. The van der Waals surface area contributed by atoms with Crippen molar-refractivity contribution in [3.05, 3.63) is 29.0 Å². The number of hydrogen-bond acceptors (Lipinski definition) is 4. The van der Waals surface area contributed by atoms with Crippen LogP contribution in [0.4, 0.5) is 5.82 Å². The number of benzene rings is 1. The minimum absolute atomic E-state index is 0. The third-order valence-corrected chi connectivity index (χ3v) is 3.16. The molecule has 0 aliphatic rings. The fourth-order valence-corrected chi connectivity index (χ4v) is 2.13. The van der Waals surface area contributed by atoms with E-state index in [9.17, 15) is 0 Å². The lowest BCUT2D eigenvalue weighted by atomic mass is 10.2. The van der Waals surface area contributed by atoms with Crippen LogP contribution in [0.25, 0.3) is 10.9 Å². The van der Waals surface area contributed by atoms with Crippen molar-refractivity contribution in [2.24, 2.45) is 0 Å². The number of nitrogens with one attached hydrogen (secondary N) is 1. The first-order valence-corrected chi connectivity index (χ1v) is 7.22. The van der Waals surface area contributed by atoms with Crippen LogP contribution >= 0.6 is 28.3 Å². The zero-order valence-corrected chi connectivity index (χ0v) is 14.0. The number of halogens is 2. The molecule has 0 saturated heterocycles. The van der Waals surface area contributed by atoms with E-state index >= 15 is 0 Å². The van der Waals surface area contributed by atoms with Crippen LogP contribution in [-0.4, -0.2) is 29.2 Å². The molecule has 0 bridgehead atoms. The van der Waals surface area contributed by atoms with Gasteiger partial charge in [-0.25, -0.2) is 9.97 Å². The van der Waals surface area contributed by atoms with Crippen molar-refractivity contribution >= 4 is 45.1 Å². The molecular formula is C14H19BrClN3O. The molecule has 1 heterocycles. The lowest BCUT2D eigenvalue weighted by molar-refractivity contribution is 0.0787. The molecule has 0 saturated carbocycles. The Balaban J connectivity index is 0.00000200. The second kappa shape index (κ2) is 8.39.